The molecular weight excluding hydrogens is 366 g/mol. The quantitative estimate of drug-likeness (QED) is 0.309. The molecule has 0 atom stereocenters. The van der Waals surface area contributed by atoms with E-state index in [0.29, 0.717) is 18.7 Å². The number of phenolic OH excluding ortho intramolecular Hbond substituents is 2. The summed E-state index contributed by atoms with van der Waals surface area (Å²) >= 11 is 0. The molecule has 0 radical (unpaired) electrons. The summed E-state index contributed by atoms with van der Waals surface area (Å²) in [5.74, 6) is -0.693. The van der Waals surface area contributed by atoms with Crippen LogP contribution in [0.3, 0.4) is 0 Å². The van der Waals surface area contributed by atoms with E-state index in [4.69, 9.17) is 4.74 Å². The van der Waals surface area contributed by atoms with Gasteiger partial charge in [0, 0.05) is 12.6 Å². The summed E-state index contributed by atoms with van der Waals surface area (Å²) in [6, 6.07) is 24.3. The Kier molecular flexibility index (Phi) is 7.03. The summed E-state index contributed by atoms with van der Waals surface area (Å²) in [5.41, 5.74) is 2.72. The highest BCUT2D eigenvalue weighted by atomic mass is 16.5. The monoisotopic (exact) mass is 389 g/mol. The van der Waals surface area contributed by atoms with Crippen LogP contribution in [0.25, 0.3) is 6.08 Å². The number of nitrogens with one attached hydrogen (secondary N) is 1. The summed E-state index contributed by atoms with van der Waals surface area (Å²) in [6.07, 6.45) is 2.73. The summed E-state index contributed by atoms with van der Waals surface area (Å²) in [4.78, 5) is 12.0. The average Bonchev–Trinajstić information content (AvgIpc) is 2.76. The molecule has 0 saturated heterocycles. The third-order valence-corrected chi connectivity index (χ3v) is 4.32. The number of amides is 1. The minimum atomic E-state index is -0.267. The van der Waals surface area contributed by atoms with Crippen LogP contribution in [0.4, 0.5) is 0 Å². The fourth-order valence-electron chi connectivity index (χ4n) is 2.87. The van der Waals surface area contributed by atoms with Crippen molar-refractivity contribution in [3.8, 4) is 11.5 Å². The Morgan fingerprint density at radius 3 is 2.10 bits per heavy atom. The fraction of sp³-hybridized carbons (Fsp3) is 0.125. The lowest BCUT2D eigenvalue weighted by Crippen LogP contribution is -2.26. The molecule has 5 nitrogen and oxygen atoms in total. The smallest absolute Gasteiger partial charge is 0.244 e. The van der Waals surface area contributed by atoms with Crippen LogP contribution in [0, 0.1) is 0 Å². The second-order valence-corrected chi connectivity index (χ2v) is 6.44. The number of phenols is 2. The van der Waals surface area contributed by atoms with E-state index in [1.54, 1.807) is 12.1 Å². The van der Waals surface area contributed by atoms with Crippen molar-refractivity contribution >= 4 is 12.0 Å². The molecule has 1 amide bonds. The lowest BCUT2D eigenvalue weighted by Gasteiger charge is -2.19. The van der Waals surface area contributed by atoms with E-state index in [2.05, 4.69) is 5.32 Å². The minimum absolute atomic E-state index is 0.199. The van der Waals surface area contributed by atoms with Crippen molar-refractivity contribution in [2.75, 3.05) is 13.2 Å². The molecule has 0 aromatic heterocycles. The van der Waals surface area contributed by atoms with Gasteiger partial charge in [0.25, 0.3) is 0 Å². The molecule has 0 spiro atoms. The first-order chi connectivity index (χ1) is 14.1. The molecule has 0 aliphatic carbocycles. The van der Waals surface area contributed by atoms with Crippen molar-refractivity contribution in [3.63, 3.8) is 0 Å². The van der Waals surface area contributed by atoms with Crippen LogP contribution < -0.4 is 5.32 Å². The summed E-state index contributed by atoms with van der Waals surface area (Å²) in [7, 11) is 0. The van der Waals surface area contributed by atoms with Crippen LogP contribution in [-0.2, 0) is 9.53 Å². The maximum absolute atomic E-state index is 12.0. The van der Waals surface area contributed by atoms with E-state index >= 15 is 0 Å². The standard InChI is InChI=1S/C24H23NO4/c26-21-13-11-18(17-22(21)27)12-14-23(28)25-15-16-29-24(19-7-3-1-4-8-19)20-9-5-2-6-10-20/h1-14,17,24,26-27H,15-16H2,(H,25,28). The van der Waals surface area contributed by atoms with Gasteiger partial charge in [-0.15, -0.1) is 0 Å². The number of ether oxygens (including phenoxy) is 1. The molecule has 0 heterocycles. The van der Waals surface area contributed by atoms with Crippen LogP contribution in [0.1, 0.15) is 22.8 Å². The molecule has 0 saturated carbocycles. The van der Waals surface area contributed by atoms with E-state index in [-0.39, 0.29) is 23.5 Å². The maximum atomic E-state index is 12.0. The predicted octanol–water partition coefficient (Wildman–Crippen LogP) is 4.03. The van der Waals surface area contributed by atoms with Gasteiger partial charge in [0.05, 0.1) is 6.61 Å². The van der Waals surface area contributed by atoms with E-state index in [1.807, 2.05) is 60.7 Å². The maximum Gasteiger partial charge on any atom is 0.244 e. The Labute approximate surface area is 169 Å². The molecule has 5 heteroatoms. The van der Waals surface area contributed by atoms with Crippen LogP contribution >= 0.6 is 0 Å². The number of carbonyl (C=O) groups is 1. The lowest BCUT2D eigenvalue weighted by molar-refractivity contribution is -0.116. The van der Waals surface area contributed by atoms with Crippen molar-refractivity contribution in [1.29, 1.82) is 0 Å². The number of carbonyl (C=O) groups excluding carboxylic acids is 1. The van der Waals surface area contributed by atoms with Gasteiger partial charge in [-0.2, -0.15) is 0 Å². The van der Waals surface area contributed by atoms with Crippen molar-refractivity contribution in [1.82, 2.24) is 5.32 Å². The number of hydrogen-bond donors (Lipinski definition) is 3. The molecule has 0 aliphatic rings. The Balaban J connectivity index is 1.52. The molecule has 0 aliphatic heterocycles. The van der Waals surface area contributed by atoms with E-state index < -0.39 is 0 Å². The van der Waals surface area contributed by atoms with Gasteiger partial charge >= 0.3 is 0 Å². The number of benzene rings is 3. The number of aromatic hydroxyl groups is 2. The molecule has 3 aromatic carbocycles. The van der Waals surface area contributed by atoms with Gasteiger partial charge in [-0.25, -0.2) is 0 Å². The second-order valence-electron chi connectivity index (χ2n) is 6.44. The number of rotatable bonds is 8. The first-order valence-electron chi connectivity index (χ1n) is 9.33. The highest BCUT2D eigenvalue weighted by Gasteiger charge is 2.14. The molecule has 148 valence electrons. The van der Waals surface area contributed by atoms with Crippen LogP contribution in [0.2, 0.25) is 0 Å². The highest BCUT2D eigenvalue weighted by molar-refractivity contribution is 5.91. The van der Waals surface area contributed by atoms with Gasteiger partial charge in [0.1, 0.15) is 6.10 Å². The van der Waals surface area contributed by atoms with Gasteiger partial charge in [-0.1, -0.05) is 66.7 Å². The summed E-state index contributed by atoms with van der Waals surface area (Å²) in [6.45, 7) is 0.716. The van der Waals surface area contributed by atoms with E-state index in [0.717, 1.165) is 11.1 Å². The molecule has 3 aromatic rings. The normalized spacial score (nSPS) is 11.1. The predicted molar refractivity (Wildman–Crippen MR) is 112 cm³/mol. The van der Waals surface area contributed by atoms with Gasteiger partial charge in [0.2, 0.25) is 5.91 Å². The van der Waals surface area contributed by atoms with Crippen LogP contribution in [0.5, 0.6) is 11.5 Å². The van der Waals surface area contributed by atoms with Gasteiger partial charge in [0.15, 0.2) is 11.5 Å². The zero-order valence-electron chi connectivity index (χ0n) is 15.9. The van der Waals surface area contributed by atoms with E-state index in [9.17, 15) is 15.0 Å². The molecule has 0 bridgehead atoms. The molecule has 29 heavy (non-hydrogen) atoms. The first-order valence-corrected chi connectivity index (χ1v) is 9.33. The van der Waals surface area contributed by atoms with Crippen molar-refractivity contribution in [2.45, 2.75) is 6.10 Å². The summed E-state index contributed by atoms with van der Waals surface area (Å²) < 4.78 is 6.06. The zero-order chi connectivity index (χ0) is 20.5. The van der Waals surface area contributed by atoms with Gasteiger partial charge in [-0.05, 0) is 34.9 Å². The lowest BCUT2D eigenvalue weighted by atomic mass is 10.0. The third-order valence-electron chi connectivity index (χ3n) is 4.32. The first kappa shape index (κ1) is 20.2. The third kappa shape index (κ3) is 5.96. The Bertz CT molecular complexity index is 916. The van der Waals surface area contributed by atoms with Crippen molar-refractivity contribution in [3.05, 3.63) is 102 Å². The topological polar surface area (TPSA) is 78.8 Å². The van der Waals surface area contributed by atoms with Crippen LogP contribution in [-0.4, -0.2) is 29.3 Å². The minimum Gasteiger partial charge on any atom is -0.504 e. The van der Waals surface area contributed by atoms with Crippen LogP contribution in [0.15, 0.2) is 84.9 Å². The summed E-state index contributed by atoms with van der Waals surface area (Å²) in [5, 5.41) is 21.6. The Hall–Kier alpha value is -3.57. The average molecular weight is 389 g/mol. The number of hydrogen-bond acceptors (Lipinski definition) is 4. The largest absolute Gasteiger partial charge is 0.504 e. The zero-order valence-corrected chi connectivity index (χ0v) is 15.9. The molecule has 3 N–H and O–H groups in total. The molecule has 0 fully saturated rings. The van der Waals surface area contributed by atoms with Crippen molar-refractivity contribution in [2.24, 2.45) is 0 Å². The Morgan fingerprint density at radius 1 is 0.897 bits per heavy atom. The SMILES string of the molecule is O=C(C=Cc1ccc(O)c(O)c1)NCCOC(c1ccccc1)c1ccccc1. The molecule has 3 rings (SSSR count). The van der Waals surface area contributed by atoms with E-state index in [1.165, 1.54) is 18.2 Å². The van der Waals surface area contributed by atoms with Crippen molar-refractivity contribution < 1.29 is 19.7 Å². The fourth-order valence-corrected chi connectivity index (χ4v) is 2.87. The second kappa shape index (κ2) is 10.1. The highest BCUT2D eigenvalue weighted by Crippen LogP contribution is 2.26. The Morgan fingerprint density at radius 2 is 1.52 bits per heavy atom. The van der Waals surface area contributed by atoms with Gasteiger partial charge in [-0.3, -0.25) is 4.79 Å². The molecular formula is C24H23NO4. The van der Waals surface area contributed by atoms with Gasteiger partial charge < -0.3 is 20.3 Å². The molecule has 0 unspecified atom stereocenters.